The maximum absolute atomic E-state index is 13.1. The van der Waals surface area contributed by atoms with Crippen molar-refractivity contribution in [2.24, 2.45) is 0 Å². The smallest absolute Gasteiger partial charge is 0.252 e. The SMILES string of the molecule is COc1ccc(C(C)NC(=O)C(=Cc2ccccc2Cl)c2ccccc2)cc1. The molecule has 1 amide bonds. The number of hydrogen-bond acceptors (Lipinski definition) is 2. The van der Waals surface area contributed by atoms with E-state index in [0.717, 1.165) is 22.4 Å². The van der Waals surface area contributed by atoms with Crippen molar-refractivity contribution >= 4 is 29.2 Å². The second kappa shape index (κ2) is 9.25. The van der Waals surface area contributed by atoms with Crippen molar-refractivity contribution < 1.29 is 9.53 Å². The Bertz CT molecular complexity index is 965. The lowest BCUT2D eigenvalue weighted by molar-refractivity contribution is -0.116. The zero-order valence-electron chi connectivity index (χ0n) is 15.9. The summed E-state index contributed by atoms with van der Waals surface area (Å²) < 4.78 is 5.19. The van der Waals surface area contributed by atoms with Crippen LogP contribution in [0, 0.1) is 0 Å². The fourth-order valence-corrected chi connectivity index (χ4v) is 3.09. The van der Waals surface area contributed by atoms with Gasteiger partial charge in [0.1, 0.15) is 5.75 Å². The lowest BCUT2D eigenvalue weighted by Gasteiger charge is -2.17. The molecule has 0 fully saturated rings. The van der Waals surface area contributed by atoms with E-state index in [2.05, 4.69) is 5.32 Å². The monoisotopic (exact) mass is 391 g/mol. The van der Waals surface area contributed by atoms with Crippen LogP contribution in [0.4, 0.5) is 0 Å². The molecule has 0 radical (unpaired) electrons. The van der Waals surface area contributed by atoms with Crippen LogP contribution in [0.25, 0.3) is 11.6 Å². The van der Waals surface area contributed by atoms with E-state index < -0.39 is 0 Å². The van der Waals surface area contributed by atoms with E-state index in [1.807, 2.05) is 91.9 Å². The molecule has 0 aliphatic heterocycles. The van der Waals surface area contributed by atoms with Crippen molar-refractivity contribution in [1.29, 1.82) is 0 Å². The van der Waals surface area contributed by atoms with Crippen molar-refractivity contribution in [2.45, 2.75) is 13.0 Å². The topological polar surface area (TPSA) is 38.3 Å². The molecule has 0 saturated heterocycles. The third-order valence-corrected chi connectivity index (χ3v) is 4.84. The van der Waals surface area contributed by atoms with Crippen LogP contribution in [-0.2, 0) is 4.79 Å². The summed E-state index contributed by atoms with van der Waals surface area (Å²) in [6, 6.07) is 24.6. The Labute approximate surface area is 170 Å². The van der Waals surface area contributed by atoms with Crippen LogP contribution in [0.3, 0.4) is 0 Å². The van der Waals surface area contributed by atoms with Gasteiger partial charge in [-0.05, 0) is 47.9 Å². The Hall–Kier alpha value is -3.04. The maximum atomic E-state index is 13.1. The number of nitrogens with one attached hydrogen (secondary N) is 1. The Kier molecular flexibility index (Phi) is 6.51. The fourth-order valence-electron chi connectivity index (χ4n) is 2.90. The largest absolute Gasteiger partial charge is 0.497 e. The summed E-state index contributed by atoms with van der Waals surface area (Å²) in [5, 5.41) is 3.68. The Morgan fingerprint density at radius 2 is 1.61 bits per heavy atom. The number of carbonyl (C=O) groups is 1. The lowest BCUT2D eigenvalue weighted by Crippen LogP contribution is -2.27. The van der Waals surface area contributed by atoms with Gasteiger partial charge in [-0.2, -0.15) is 0 Å². The molecule has 0 aliphatic rings. The minimum absolute atomic E-state index is 0.156. The van der Waals surface area contributed by atoms with Crippen LogP contribution in [-0.4, -0.2) is 13.0 Å². The normalized spacial score (nSPS) is 12.3. The Morgan fingerprint density at radius 1 is 0.964 bits per heavy atom. The van der Waals surface area contributed by atoms with Crippen LogP contribution >= 0.6 is 11.6 Å². The minimum Gasteiger partial charge on any atom is -0.497 e. The molecular weight excluding hydrogens is 370 g/mol. The van der Waals surface area contributed by atoms with E-state index in [4.69, 9.17) is 16.3 Å². The van der Waals surface area contributed by atoms with Crippen molar-refractivity contribution in [2.75, 3.05) is 7.11 Å². The van der Waals surface area contributed by atoms with Gasteiger partial charge >= 0.3 is 0 Å². The van der Waals surface area contributed by atoms with E-state index in [1.54, 1.807) is 7.11 Å². The molecule has 0 spiro atoms. The third kappa shape index (κ3) is 4.81. The number of benzene rings is 3. The molecule has 1 N–H and O–H groups in total. The summed E-state index contributed by atoms with van der Waals surface area (Å²) in [7, 11) is 1.63. The van der Waals surface area contributed by atoms with Gasteiger partial charge in [-0.1, -0.05) is 72.3 Å². The second-order valence-corrected chi connectivity index (χ2v) is 6.82. The highest BCUT2D eigenvalue weighted by molar-refractivity contribution is 6.33. The molecule has 142 valence electrons. The number of methoxy groups -OCH3 is 1. The molecule has 0 heterocycles. The van der Waals surface area contributed by atoms with Gasteiger partial charge < -0.3 is 10.1 Å². The third-order valence-electron chi connectivity index (χ3n) is 4.50. The molecule has 0 saturated carbocycles. The van der Waals surface area contributed by atoms with Gasteiger partial charge in [0.25, 0.3) is 5.91 Å². The summed E-state index contributed by atoms with van der Waals surface area (Å²) in [5.41, 5.74) is 3.20. The molecule has 3 aromatic carbocycles. The maximum Gasteiger partial charge on any atom is 0.252 e. The van der Waals surface area contributed by atoms with E-state index >= 15 is 0 Å². The van der Waals surface area contributed by atoms with Crippen LogP contribution in [0.2, 0.25) is 5.02 Å². The number of amides is 1. The van der Waals surface area contributed by atoms with E-state index in [9.17, 15) is 4.79 Å². The molecule has 0 aliphatic carbocycles. The molecule has 1 atom stereocenters. The number of ether oxygens (including phenoxy) is 1. The van der Waals surface area contributed by atoms with Crippen LogP contribution in [0.1, 0.15) is 29.7 Å². The van der Waals surface area contributed by atoms with Crippen LogP contribution < -0.4 is 10.1 Å². The van der Waals surface area contributed by atoms with Crippen LogP contribution in [0.15, 0.2) is 78.9 Å². The predicted molar refractivity (Wildman–Crippen MR) is 115 cm³/mol. The van der Waals surface area contributed by atoms with Crippen molar-refractivity contribution in [3.63, 3.8) is 0 Å². The quantitative estimate of drug-likeness (QED) is 0.428. The molecular formula is C24H22ClNO2. The molecule has 4 heteroatoms. The zero-order valence-corrected chi connectivity index (χ0v) is 16.6. The summed E-state index contributed by atoms with van der Waals surface area (Å²) in [6.45, 7) is 1.96. The molecule has 3 aromatic rings. The first-order valence-corrected chi connectivity index (χ1v) is 9.42. The molecule has 0 bridgehead atoms. The number of carbonyl (C=O) groups excluding carboxylic acids is 1. The standard InChI is InChI=1S/C24H22ClNO2/c1-17(18-12-14-21(28-2)15-13-18)26-24(27)22(19-8-4-3-5-9-19)16-20-10-6-7-11-23(20)25/h3-17H,1-2H3,(H,26,27). The molecule has 3 rings (SSSR count). The molecule has 3 nitrogen and oxygen atoms in total. The Balaban J connectivity index is 1.89. The number of rotatable bonds is 6. The highest BCUT2D eigenvalue weighted by Gasteiger charge is 2.16. The fraction of sp³-hybridized carbons (Fsp3) is 0.125. The molecule has 1 unspecified atom stereocenters. The summed E-state index contributed by atoms with van der Waals surface area (Å²) in [4.78, 5) is 13.1. The lowest BCUT2D eigenvalue weighted by atomic mass is 10.0. The highest BCUT2D eigenvalue weighted by Crippen LogP contribution is 2.25. The van der Waals surface area contributed by atoms with Gasteiger partial charge in [-0.15, -0.1) is 0 Å². The van der Waals surface area contributed by atoms with Crippen molar-refractivity contribution in [3.8, 4) is 5.75 Å². The summed E-state index contributed by atoms with van der Waals surface area (Å²) in [6.07, 6.45) is 1.83. The summed E-state index contributed by atoms with van der Waals surface area (Å²) >= 11 is 6.30. The van der Waals surface area contributed by atoms with E-state index in [1.165, 1.54) is 0 Å². The van der Waals surface area contributed by atoms with Gasteiger partial charge in [0.15, 0.2) is 0 Å². The van der Waals surface area contributed by atoms with Gasteiger partial charge in [-0.3, -0.25) is 4.79 Å². The van der Waals surface area contributed by atoms with Crippen molar-refractivity contribution in [1.82, 2.24) is 5.32 Å². The average Bonchev–Trinajstić information content (AvgIpc) is 2.73. The van der Waals surface area contributed by atoms with Gasteiger partial charge in [-0.25, -0.2) is 0 Å². The van der Waals surface area contributed by atoms with Crippen molar-refractivity contribution in [3.05, 3.63) is 101 Å². The van der Waals surface area contributed by atoms with E-state index in [-0.39, 0.29) is 11.9 Å². The second-order valence-electron chi connectivity index (χ2n) is 6.41. The Morgan fingerprint density at radius 3 is 2.25 bits per heavy atom. The van der Waals surface area contributed by atoms with E-state index in [0.29, 0.717) is 10.6 Å². The minimum atomic E-state index is -0.158. The molecule has 28 heavy (non-hydrogen) atoms. The first-order valence-electron chi connectivity index (χ1n) is 9.05. The molecule has 0 aromatic heterocycles. The number of halogens is 1. The first kappa shape index (κ1) is 19.7. The summed E-state index contributed by atoms with van der Waals surface area (Å²) in [5.74, 6) is 0.625. The van der Waals surface area contributed by atoms with Gasteiger partial charge in [0, 0.05) is 10.6 Å². The van der Waals surface area contributed by atoms with Gasteiger partial charge in [0.05, 0.1) is 13.2 Å². The van der Waals surface area contributed by atoms with Gasteiger partial charge in [0.2, 0.25) is 0 Å². The first-order chi connectivity index (χ1) is 13.6. The van der Waals surface area contributed by atoms with Crippen LogP contribution in [0.5, 0.6) is 5.75 Å². The average molecular weight is 392 g/mol. The zero-order chi connectivity index (χ0) is 19.9. The number of hydrogen-bond donors (Lipinski definition) is 1. The predicted octanol–water partition coefficient (Wildman–Crippen LogP) is 5.77. The highest BCUT2D eigenvalue weighted by atomic mass is 35.5.